The molecular weight excluding hydrogens is 298 g/mol. The van der Waals surface area contributed by atoms with E-state index in [0.29, 0.717) is 6.54 Å². The van der Waals surface area contributed by atoms with E-state index in [-0.39, 0.29) is 0 Å². The number of carboxylic acids is 1. The van der Waals surface area contributed by atoms with Crippen LogP contribution in [0.3, 0.4) is 0 Å². The Hall–Kier alpha value is -1.79. The van der Waals surface area contributed by atoms with Crippen LogP contribution in [0.15, 0.2) is 18.2 Å². The van der Waals surface area contributed by atoms with Crippen LogP contribution in [-0.4, -0.2) is 32.7 Å². The second-order valence-corrected chi connectivity index (χ2v) is 6.69. The van der Waals surface area contributed by atoms with E-state index in [9.17, 15) is 9.90 Å². The number of fused-ring (bicyclic) bond motifs is 1. The first-order valence-corrected chi connectivity index (χ1v) is 8.28. The molecule has 3 rings (SSSR count). The lowest BCUT2D eigenvalue weighted by Gasteiger charge is -2.34. The van der Waals surface area contributed by atoms with Gasteiger partial charge in [-0.25, -0.2) is 0 Å². The van der Waals surface area contributed by atoms with E-state index in [0.717, 1.165) is 35.0 Å². The quantitative estimate of drug-likeness (QED) is 0.939. The van der Waals surface area contributed by atoms with Gasteiger partial charge in [0.2, 0.25) is 0 Å². The SMILES string of the molecule is CCc1nnc(CN2CCc3c(C)cccc3C2C(=O)O)s1. The number of benzene rings is 1. The van der Waals surface area contributed by atoms with Crippen molar-refractivity contribution in [3.63, 3.8) is 0 Å². The van der Waals surface area contributed by atoms with Gasteiger partial charge in [0.15, 0.2) is 0 Å². The Kier molecular flexibility index (Phi) is 4.22. The third-order valence-corrected chi connectivity index (χ3v) is 5.19. The lowest BCUT2D eigenvalue weighted by Crippen LogP contribution is -2.39. The minimum Gasteiger partial charge on any atom is -0.480 e. The molecule has 1 aliphatic heterocycles. The molecule has 6 heteroatoms. The minimum atomic E-state index is -0.799. The Labute approximate surface area is 133 Å². The number of aliphatic carboxylic acids is 1. The summed E-state index contributed by atoms with van der Waals surface area (Å²) in [5, 5.41) is 19.9. The highest BCUT2D eigenvalue weighted by Crippen LogP contribution is 2.33. The van der Waals surface area contributed by atoms with Crippen LogP contribution < -0.4 is 0 Å². The molecule has 2 heterocycles. The molecule has 0 fully saturated rings. The summed E-state index contributed by atoms with van der Waals surface area (Å²) in [6, 6.07) is 5.32. The van der Waals surface area contributed by atoms with Gasteiger partial charge in [-0.1, -0.05) is 25.1 Å². The molecule has 1 atom stereocenters. The van der Waals surface area contributed by atoms with E-state index in [2.05, 4.69) is 10.2 Å². The van der Waals surface area contributed by atoms with Gasteiger partial charge in [0.05, 0.1) is 6.54 Å². The van der Waals surface area contributed by atoms with E-state index in [1.54, 1.807) is 11.3 Å². The largest absolute Gasteiger partial charge is 0.480 e. The Balaban J connectivity index is 1.90. The summed E-state index contributed by atoms with van der Waals surface area (Å²) in [6.45, 7) is 5.37. The maximum Gasteiger partial charge on any atom is 0.325 e. The number of aryl methyl sites for hydroxylation is 2. The smallest absolute Gasteiger partial charge is 0.325 e. The molecule has 1 N–H and O–H groups in total. The van der Waals surface area contributed by atoms with Crippen LogP contribution in [0.25, 0.3) is 0 Å². The number of hydrogen-bond donors (Lipinski definition) is 1. The molecule has 0 aliphatic carbocycles. The summed E-state index contributed by atoms with van der Waals surface area (Å²) >= 11 is 1.57. The van der Waals surface area contributed by atoms with Crippen molar-refractivity contribution in [2.45, 2.75) is 39.3 Å². The van der Waals surface area contributed by atoms with Crippen molar-refractivity contribution in [2.75, 3.05) is 6.54 Å². The Morgan fingerprint density at radius 1 is 1.41 bits per heavy atom. The third-order valence-electron chi connectivity index (χ3n) is 4.14. The molecule has 116 valence electrons. The van der Waals surface area contributed by atoms with Gasteiger partial charge in [-0.15, -0.1) is 21.5 Å². The predicted molar refractivity (Wildman–Crippen MR) is 85.0 cm³/mol. The minimum absolute atomic E-state index is 0.544. The van der Waals surface area contributed by atoms with Crippen LogP contribution in [0.5, 0.6) is 0 Å². The van der Waals surface area contributed by atoms with Crippen molar-refractivity contribution >= 4 is 17.3 Å². The number of aromatic nitrogens is 2. The van der Waals surface area contributed by atoms with Gasteiger partial charge in [-0.05, 0) is 36.5 Å². The highest BCUT2D eigenvalue weighted by Gasteiger charge is 2.33. The number of carbonyl (C=O) groups is 1. The number of nitrogens with zero attached hydrogens (tertiary/aromatic N) is 3. The van der Waals surface area contributed by atoms with Crippen LogP contribution in [0.1, 0.15) is 39.7 Å². The Bertz CT molecular complexity index is 698. The van der Waals surface area contributed by atoms with Crippen LogP contribution in [0.4, 0.5) is 0 Å². The lowest BCUT2D eigenvalue weighted by atomic mass is 9.89. The van der Waals surface area contributed by atoms with Crippen LogP contribution in [-0.2, 0) is 24.2 Å². The summed E-state index contributed by atoms with van der Waals surface area (Å²) in [6.07, 6.45) is 1.74. The maximum absolute atomic E-state index is 11.8. The number of rotatable bonds is 4. The fraction of sp³-hybridized carbons (Fsp3) is 0.438. The average molecular weight is 317 g/mol. The summed E-state index contributed by atoms with van der Waals surface area (Å²) < 4.78 is 0. The zero-order chi connectivity index (χ0) is 15.7. The van der Waals surface area contributed by atoms with Crippen molar-refractivity contribution < 1.29 is 9.90 Å². The third kappa shape index (κ3) is 2.76. The molecule has 0 radical (unpaired) electrons. The van der Waals surface area contributed by atoms with Crippen LogP contribution in [0, 0.1) is 6.92 Å². The summed E-state index contributed by atoms with van der Waals surface area (Å²) in [7, 11) is 0. The first-order chi connectivity index (χ1) is 10.6. The second-order valence-electron chi connectivity index (χ2n) is 5.55. The number of hydrogen-bond acceptors (Lipinski definition) is 5. The maximum atomic E-state index is 11.8. The van der Waals surface area contributed by atoms with Crippen LogP contribution in [0.2, 0.25) is 0 Å². The summed E-state index contributed by atoms with van der Waals surface area (Å²) in [5.74, 6) is -0.799. The molecule has 1 aromatic heterocycles. The molecule has 1 aromatic carbocycles. The van der Waals surface area contributed by atoms with Crippen molar-refractivity contribution in [3.8, 4) is 0 Å². The summed E-state index contributed by atoms with van der Waals surface area (Å²) in [4.78, 5) is 13.8. The highest BCUT2D eigenvalue weighted by atomic mass is 32.1. The molecule has 0 spiro atoms. The molecule has 0 saturated heterocycles. The number of carboxylic acid groups (broad SMARTS) is 1. The van der Waals surface area contributed by atoms with Gasteiger partial charge < -0.3 is 5.11 Å². The first kappa shape index (κ1) is 15.1. The lowest BCUT2D eigenvalue weighted by molar-refractivity contribution is -0.144. The molecule has 5 nitrogen and oxygen atoms in total. The van der Waals surface area contributed by atoms with Gasteiger partial charge >= 0.3 is 5.97 Å². The Morgan fingerprint density at radius 2 is 2.18 bits per heavy atom. The standard InChI is InChI=1S/C16H19N3O2S/c1-3-13-17-18-14(22-13)9-19-8-7-11-10(2)5-4-6-12(11)15(19)16(20)21/h4-6,15H,3,7-9H2,1-2H3,(H,20,21). The van der Waals surface area contributed by atoms with E-state index in [1.807, 2.05) is 36.9 Å². The Morgan fingerprint density at radius 3 is 2.86 bits per heavy atom. The van der Waals surface area contributed by atoms with Crippen LogP contribution >= 0.6 is 11.3 Å². The molecular formula is C16H19N3O2S. The van der Waals surface area contributed by atoms with Gasteiger partial charge in [0.25, 0.3) is 0 Å². The fourth-order valence-electron chi connectivity index (χ4n) is 3.03. The topological polar surface area (TPSA) is 66.3 Å². The summed E-state index contributed by atoms with van der Waals surface area (Å²) in [5.41, 5.74) is 3.27. The van der Waals surface area contributed by atoms with E-state index in [4.69, 9.17) is 0 Å². The van der Waals surface area contributed by atoms with Crippen molar-refractivity contribution in [1.82, 2.24) is 15.1 Å². The van der Waals surface area contributed by atoms with Gasteiger partial charge in [-0.3, -0.25) is 9.69 Å². The zero-order valence-electron chi connectivity index (χ0n) is 12.7. The van der Waals surface area contributed by atoms with E-state index in [1.165, 1.54) is 11.1 Å². The molecule has 0 bridgehead atoms. The molecule has 1 unspecified atom stereocenters. The van der Waals surface area contributed by atoms with Gasteiger partial charge in [0.1, 0.15) is 16.1 Å². The molecule has 0 amide bonds. The molecule has 1 aliphatic rings. The average Bonchev–Trinajstić information content (AvgIpc) is 2.94. The normalized spacial score (nSPS) is 18.2. The van der Waals surface area contributed by atoms with Crippen molar-refractivity contribution in [3.05, 3.63) is 44.9 Å². The highest BCUT2D eigenvalue weighted by molar-refractivity contribution is 7.11. The van der Waals surface area contributed by atoms with E-state index < -0.39 is 12.0 Å². The molecule has 2 aromatic rings. The van der Waals surface area contributed by atoms with Crippen molar-refractivity contribution in [2.24, 2.45) is 0 Å². The second kappa shape index (κ2) is 6.14. The van der Waals surface area contributed by atoms with Crippen molar-refractivity contribution in [1.29, 1.82) is 0 Å². The molecule has 0 saturated carbocycles. The fourth-order valence-corrected chi connectivity index (χ4v) is 3.84. The first-order valence-electron chi connectivity index (χ1n) is 7.46. The van der Waals surface area contributed by atoms with Gasteiger partial charge in [-0.2, -0.15) is 0 Å². The monoisotopic (exact) mass is 317 g/mol. The molecule has 22 heavy (non-hydrogen) atoms. The van der Waals surface area contributed by atoms with Gasteiger partial charge in [0, 0.05) is 6.54 Å². The van der Waals surface area contributed by atoms with E-state index >= 15 is 0 Å². The zero-order valence-corrected chi connectivity index (χ0v) is 13.6. The predicted octanol–water partition coefficient (Wildman–Crippen LogP) is 2.59.